The molecule has 1 heterocycles. The Morgan fingerprint density at radius 2 is 2.17 bits per heavy atom. The molecule has 0 bridgehead atoms. The number of nitrogens with one attached hydrogen (secondary N) is 1. The second-order valence-electron chi connectivity index (χ2n) is 5.16. The van der Waals surface area contributed by atoms with Gasteiger partial charge in [0.1, 0.15) is 11.9 Å². The number of anilines is 1. The van der Waals surface area contributed by atoms with E-state index >= 15 is 0 Å². The maximum atomic E-state index is 13.5. The smallest absolute Gasteiger partial charge is 0.143 e. The molecule has 1 aliphatic heterocycles. The van der Waals surface area contributed by atoms with Crippen LogP contribution in [0.1, 0.15) is 24.8 Å². The van der Waals surface area contributed by atoms with E-state index in [1.165, 1.54) is 25.0 Å². The van der Waals surface area contributed by atoms with E-state index in [-0.39, 0.29) is 5.56 Å². The second-order valence-corrected chi connectivity index (χ2v) is 5.16. The zero-order valence-electron chi connectivity index (χ0n) is 10.2. The van der Waals surface area contributed by atoms with Gasteiger partial charge in [0.05, 0.1) is 5.56 Å². The van der Waals surface area contributed by atoms with Gasteiger partial charge in [-0.25, -0.2) is 4.39 Å². The zero-order chi connectivity index (χ0) is 12.5. The van der Waals surface area contributed by atoms with Gasteiger partial charge < -0.3 is 5.32 Å². The fraction of sp³-hybridized carbons (Fsp3) is 0.500. The van der Waals surface area contributed by atoms with Crippen molar-refractivity contribution in [1.82, 2.24) is 4.90 Å². The monoisotopic (exact) mass is 245 g/mol. The van der Waals surface area contributed by atoms with E-state index in [1.54, 1.807) is 6.07 Å². The van der Waals surface area contributed by atoms with Gasteiger partial charge in [0.15, 0.2) is 0 Å². The normalized spacial score (nSPS) is 23.9. The van der Waals surface area contributed by atoms with Crippen LogP contribution in [0.25, 0.3) is 0 Å². The molecule has 1 unspecified atom stereocenters. The predicted molar refractivity (Wildman–Crippen MR) is 67.7 cm³/mol. The standard InChI is InChI=1S/C14H16FN3/c15-14-7-11(2-1-10(14)8-16)17-12-5-6-18(9-12)13-3-4-13/h1-2,7,12-13,17H,3-6,9H2. The van der Waals surface area contributed by atoms with Crippen LogP contribution in [-0.2, 0) is 0 Å². The number of likely N-dealkylation sites (tertiary alicyclic amines) is 1. The van der Waals surface area contributed by atoms with Gasteiger partial charge in [-0.3, -0.25) is 4.90 Å². The number of hydrogen-bond donors (Lipinski definition) is 1. The minimum atomic E-state index is -0.445. The fourth-order valence-electron chi connectivity index (χ4n) is 2.61. The minimum absolute atomic E-state index is 0.103. The van der Waals surface area contributed by atoms with Crippen LogP contribution < -0.4 is 5.32 Å². The van der Waals surface area contributed by atoms with Gasteiger partial charge in [-0.15, -0.1) is 0 Å². The van der Waals surface area contributed by atoms with Crippen molar-refractivity contribution in [3.05, 3.63) is 29.6 Å². The van der Waals surface area contributed by atoms with E-state index in [2.05, 4.69) is 10.2 Å². The number of nitrogens with zero attached hydrogens (tertiary/aromatic N) is 2. The molecule has 1 aliphatic carbocycles. The van der Waals surface area contributed by atoms with Crippen LogP contribution in [0.5, 0.6) is 0 Å². The number of nitriles is 1. The molecule has 0 aromatic heterocycles. The highest BCUT2D eigenvalue weighted by Gasteiger charge is 2.34. The first-order chi connectivity index (χ1) is 8.76. The molecular weight excluding hydrogens is 229 g/mol. The lowest BCUT2D eigenvalue weighted by Crippen LogP contribution is -2.27. The number of halogens is 1. The minimum Gasteiger partial charge on any atom is -0.381 e. The summed E-state index contributed by atoms with van der Waals surface area (Å²) in [5.41, 5.74) is 0.876. The Morgan fingerprint density at radius 3 is 2.83 bits per heavy atom. The third kappa shape index (κ3) is 2.32. The first-order valence-electron chi connectivity index (χ1n) is 6.46. The van der Waals surface area contributed by atoms with Crippen molar-refractivity contribution in [1.29, 1.82) is 5.26 Å². The van der Waals surface area contributed by atoms with Crippen molar-refractivity contribution in [2.24, 2.45) is 0 Å². The Balaban J connectivity index is 1.63. The first-order valence-corrected chi connectivity index (χ1v) is 6.46. The van der Waals surface area contributed by atoms with Crippen LogP contribution in [-0.4, -0.2) is 30.1 Å². The molecule has 18 heavy (non-hydrogen) atoms. The van der Waals surface area contributed by atoms with E-state index in [0.29, 0.717) is 6.04 Å². The third-order valence-corrected chi connectivity index (χ3v) is 3.74. The van der Waals surface area contributed by atoms with Crippen molar-refractivity contribution in [2.75, 3.05) is 18.4 Å². The molecule has 1 saturated carbocycles. The topological polar surface area (TPSA) is 39.1 Å². The van der Waals surface area contributed by atoms with Crippen LogP contribution in [0, 0.1) is 17.1 Å². The molecule has 1 atom stereocenters. The first kappa shape index (κ1) is 11.5. The lowest BCUT2D eigenvalue weighted by molar-refractivity contribution is 0.326. The Hall–Kier alpha value is -1.60. The van der Waals surface area contributed by atoms with E-state index in [1.807, 2.05) is 6.07 Å². The van der Waals surface area contributed by atoms with Gasteiger partial charge in [-0.05, 0) is 37.5 Å². The molecule has 0 radical (unpaired) electrons. The highest BCUT2D eigenvalue weighted by Crippen LogP contribution is 2.30. The van der Waals surface area contributed by atoms with Crippen molar-refractivity contribution < 1.29 is 4.39 Å². The number of benzene rings is 1. The summed E-state index contributed by atoms with van der Waals surface area (Å²) in [5, 5.41) is 12.0. The molecule has 1 N–H and O–H groups in total. The molecule has 1 aromatic carbocycles. The van der Waals surface area contributed by atoms with E-state index in [0.717, 1.165) is 31.2 Å². The highest BCUT2D eigenvalue weighted by atomic mass is 19.1. The van der Waals surface area contributed by atoms with Crippen LogP contribution in [0.2, 0.25) is 0 Å². The summed E-state index contributed by atoms with van der Waals surface area (Å²) in [6.45, 7) is 2.19. The largest absolute Gasteiger partial charge is 0.381 e. The van der Waals surface area contributed by atoms with Crippen LogP contribution in [0.15, 0.2) is 18.2 Å². The molecular formula is C14H16FN3. The van der Waals surface area contributed by atoms with Gasteiger partial charge in [-0.1, -0.05) is 0 Å². The molecule has 2 aliphatic rings. The van der Waals surface area contributed by atoms with Crippen LogP contribution in [0.4, 0.5) is 10.1 Å². The van der Waals surface area contributed by atoms with Gasteiger partial charge >= 0.3 is 0 Å². The third-order valence-electron chi connectivity index (χ3n) is 3.74. The van der Waals surface area contributed by atoms with Gasteiger partial charge in [0.25, 0.3) is 0 Å². The lowest BCUT2D eigenvalue weighted by atomic mass is 10.2. The predicted octanol–water partition coefficient (Wildman–Crippen LogP) is 2.35. The molecule has 0 amide bonds. The maximum Gasteiger partial charge on any atom is 0.143 e. The molecule has 94 valence electrons. The Labute approximate surface area is 106 Å². The van der Waals surface area contributed by atoms with E-state index in [9.17, 15) is 4.39 Å². The SMILES string of the molecule is N#Cc1ccc(NC2CCN(C3CC3)C2)cc1F. The summed E-state index contributed by atoms with van der Waals surface area (Å²) in [4.78, 5) is 2.51. The fourth-order valence-corrected chi connectivity index (χ4v) is 2.61. The molecule has 4 heteroatoms. The summed E-state index contributed by atoms with van der Waals surface area (Å²) in [6.07, 6.45) is 3.77. The summed E-state index contributed by atoms with van der Waals surface area (Å²) in [6, 6.07) is 7.76. The van der Waals surface area contributed by atoms with E-state index in [4.69, 9.17) is 5.26 Å². The van der Waals surface area contributed by atoms with Gasteiger partial charge in [0.2, 0.25) is 0 Å². The van der Waals surface area contributed by atoms with Crippen LogP contribution >= 0.6 is 0 Å². The van der Waals surface area contributed by atoms with Crippen molar-refractivity contribution in [2.45, 2.75) is 31.3 Å². The second kappa shape index (κ2) is 4.58. The van der Waals surface area contributed by atoms with Crippen LogP contribution in [0.3, 0.4) is 0 Å². The molecule has 3 rings (SSSR count). The Kier molecular flexibility index (Phi) is 2.92. The summed E-state index contributed by atoms with van der Waals surface area (Å²) in [5.74, 6) is -0.445. The zero-order valence-corrected chi connectivity index (χ0v) is 10.2. The molecule has 1 saturated heterocycles. The molecule has 2 fully saturated rings. The average Bonchev–Trinajstić information content (AvgIpc) is 3.11. The summed E-state index contributed by atoms with van der Waals surface area (Å²) >= 11 is 0. The van der Waals surface area contributed by atoms with E-state index < -0.39 is 5.82 Å². The molecule has 1 aromatic rings. The van der Waals surface area contributed by atoms with Gasteiger partial charge in [-0.2, -0.15) is 5.26 Å². The Bertz CT molecular complexity index is 490. The summed E-state index contributed by atoms with van der Waals surface area (Å²) in [7, 11) is 0. The van der Waals surface area contributed by atoms with Crippen molar-refractivity contribution in [3.63, 3.8) is 0 Å². The Morgan fingerprint density at radius 1 is 1.33 bits per heavy atom. The number of hydrogen-bond acceptors (Lipinski definition) is 3. The highest BCUT2D eigenvalue weighted by molar-refractivity contribution is 5.49. The van der Waals surface area contributed by atoms with Gasteiger partial charge in [0, 0.05) is 30.9 Å². The quantitative estimate of drug-likeness (QED) is 0.888. The number of rotatable bonds is 3. The lowest BCUT2D eigenvalue weighted by Gasteiger charge is -2.16. The van der Waals surface area contributed by atoms with Crippen molar-refractivity contribution in [3.8, 4) is 6.07 Å². The van der Waals surface area contributed by atoms with Crippen molar-refractivity contribution >= 4 is 5.69 Å². The maximum absolute atomic E-state index is 13.5. The average molecular weight is 245 g/mol. The molecule has 0 spiro atoms. The summed E-state index contributed by atoms with van der Waals surface area (Å²) < 4.78 is 13.5. The molecule has 3 nitrogen and oxygen atoms in total.